The van der Waals surface area contributed by atoms with Gasteiger partial charge in [0.15, 0.2) is 0 Å². The van der Waals surface area contributed by atoms with Crippen molar-refractivity contribution in [2.75, 3.05) is 50.6 Å². The van der Waals surface area contributed by atoms with Gasteiger partial charge >= 0.3 is 5.97 Å². The second-order valence-corrected chi connectivity index (χ2v) is 8.46. The number of fused-ring (bicyclic) bond motifs is 1. The molecule has 1 aliphatic rings. The normalized spacial score (nSPS) is 16.6. The maximum atomic E-state index is 12.9. The van der Waals surface area contributed by atoms with E-state index in [1.165, 1.54) is 7.11 Å². The molecule has 0 aliphatic carbocycles. The minimum absolute atomic E-state index is 0.173. The highest BCUT2D eigenvalue weighted by Gasteiger charge is 2.27. The number of benzene rings is 2. The second-order valence-electron chi connectivity index (χ2n) is 8.05. The molecule has 2 N–H and O–H groups in total. The molecule has 0 unspecified atom stereocenters. The summed E-state index contributed by atoms with van der Waals surface area (Å²) in [5.41, 5.74) is 2.30. The largest absolute Gasteiger partial charge is 0.497 e. The summed E-state index contributed by atoms with van der Waals surface area (Å²) in [4.78, 5) is 32.6. The van der Waals surface area contributed by atoms with Gasteiger partial charge in [-0.15, -0.1) is 0 Å². The lowest BCUT2D eigenvalue weighted by molar-refractivity contribution is -0.117. The minimum Gasteiger partial charge on any atom is -0.497 e. The van der Waals surface area contributed by atoms with Crippen LogP contribution in [-0.2, 0) is 9.53 Å². The van der Waals surface area contributed by atoms with Crippen molar-refractivity contribution in [2.24, 2.45) is 0 Å². The quantitative estimate of drug-likeness (QED) is 0.533. The molecule has 2 heterocycles. The summed E-state index contributed by atoms with van der Waals surface area (Å²) < 4.78 is 10.1. The molecule has 2 aromatic carbocycles. The molecule has 0 saturated carbocycles. The van der Waals surface area contributed by atoms with Crippen LogP contribution in [0.5, 0.6) is 5.75 Å². The average molecular weight is 471 g/mol. The number of ether oxygens (including phenoxy) is 2. The Balaban J connectivity index is 1.45. The maximum absolute atomic E-state index is 12.9. The van der Waals surface area contributed by atoms with Gasteiger partial charge in [0.2, 0.25) is 5.91 Å². The number of anilines is 2. The molecule has 1 aliphatic heterocycles. The van der Waals surface area contributed by atoms with Gasteiger partial charge in [-0.05, 0) is 43.3 Å². The summed E-state index contributed by atoms with van der Waals surface area (Å²) >= 11 is 6.36. The van der Waals surface area contributed by atoms with Crippen LogP contribution >= 0.6 is 11.6 Å². The van der Waals surface area contributed by atoms with Crippen LogP contribution in [0, 0.1) is 0 Å². The number of rotatable bonds is 6. The minimum atomic E-state index is -0.570. The molecule has 1 amide bonds. The van der Waals surface area contributed by atoms with Gasteiger partial charge in [-0.2, -0.15) is 0 Å². The summed E-state index contributed by atoms with van der Waals surface area (Å²) in [5, 5.41) is 3.91. The van der Waals surface area contributed by atoms with Gasteiger partial charge in [-0.3, -0.25) is 9.69 Å². The van der Waals surface area contributed by atoms with E-state index < -0.39 is 5.97 Å². The van der Waals surface area contributed by atoms with Crippen LogP contribution in [-0.4, -0.2) is 68.2 Å². The number of amides is 1. The number of methoxy groups -OCH3 is 2. The Labute approximate surface area is 197 Å². The number of H-pyrrole nitrogens is 1. The first-order chi connectivity index (χ1) is 15.9. The SMILES string of the molecule is COC(=O)c1[nH]c2cccc(Cl)c2c1NC(=O)CN1CCN(c2ccc(OC)cc2)[C@H](C)C1. The van der Waals surface area contributed by atoms with Gasteiger partial charge in [-0.25, -0.2) is 4.79 Å². The highest BCUT2D eigenvalue weighted by Crippen LogP contribution is 2.34. The lowest BCUT2D eigenvalue weighted by atomic mass is 10.1. The molecule has 1 fully saturated rings. The van der Waals surface area contributed by atoms with E-state index in [4.69, 9.17) is 21.1 Å². The van der Waals surface area contributed by atoms with Crippen molar-refractivity contribution in [3.63, 3.8) is 0 Å². The first-order valence-electron chi connectivity index (χ1n) is 10.7. The molecule has 0 radical (unpaired) electrons. The van der Waals surface area contributed by atoms with Gasteiger partial charge in [0, 0.05) is 42.3 Å². The Morgan fingerprint density at radius 1 is 1.15 bits per heavy atom. The highest BCUT2D eigenvalue weighted by molar-refractivity contribution is 6.37. The van der Waals surface area contributed by atoms with Crippen molar-refractivity contribution in [3.05, 3.63) is 53.2 Å². The van der Waals surface area contributed by atoms with Gasteiger partial charge in [0.25, 0.3) is 0 Å². The van der Waals surface area contributed by atoms with Crippen LogP contribution in [0.4, 0.5) is 11.4 Å². The van der Waals surface area contributed by atoms with E-state index in [1.807, 2.05) is 24.3 Å². The molecule has 174 valence electrons. The zero-order chi connectivity index (χ0) is 23.5. The third kappa shape index (κ3) is 4.77. The zero-order valence-corrected chi connectivity index (χ0v) is 19.6. The summed E-state index contributed by atoms with van der Waals surface area (Å²) in [5.74, 6) is 0.0378. The summed E-state index contributed by atoms with van der Waals surface area (Å²) in [6.45, 7) is 4.62. The van der Waals surface area contributed by atoms with Crippen LogP contribution in [0.1, 0.15) is 17.4 Å². The van der Waals surface area contributed by atoms with E-state index in [1.54, 1.807) is 25.3 Å². The van der Waals surface area contributed by atoms with E-state index in [2.05, 4.69) is 27.0 Å². The Kier molecular flexibility index (Phi) is 6.76. The van der Waals surface area contributed by atoms with Crippen molar-refractivity contribution in [1.29, 1.82) is 0 Å². The molecule has 3 aromatic rings. The van der Waals surface area contributed by atoms with Gasteiger partial charge in [0.05, 0.1) is 31.5 Å². The predicted molar refractivity (Wildman–Crippen MR) is 130 cm³/mol. The third-order valence-electron chi connectivity index (χ3n) is 5.91. The Morgan fingerprint density at radius 2 is 1.91 bits per heavy atom. The van der Waals surface area contributed by atoms with Crippen molar-refractivity contribution in [1.82, 2.24) is 9.88 Å². The fourth-order valence-corrected chi connectivity index (χ4v) is 4.57. The molecule has 1 aromatic heterocycles. The lowest BCUT2D eigenvalue weighted by Gasteiger charge is -2.41. The molecule has 9 heteroatoms. The molecule has 1 atom stereocenters. The van der Waals surface area contributed by atoms with Crippen molar-refractivity contribution in [2.45, 2.75) is 13.0 Å². The van der Waals surface area contributed by atoms with Crippen LogP contribution in [0.3, 0.4) is 0 Å². The first kappa shape index (κ1) is 22.9. The van der Waals surface area contributed by atoms with E-state index in [0.717, 1.165) is 31.1 Å². The van der Waals surface area contributed by atoms with E-state index in [-0.39, 0.29) is 24.2 Å². The molecule has 8 nitrogen and oxygen atoms in total. The molecule has 0 bridgehead atoms. The number of aromatic amines is 1. The number of carbonyl (C=O) groups is 2. The van der Waals surface area contributed by atoms with Crippen molar-refractivity contribution in [3.8, 4) is 5.75 Å². The highest BCUT2D eigenvalue weighted by atomic mass is 35.5. The number of nitrogens with one attached hydrogen (secondary N) is 2. The fraction of sp³-hybridized carbons (Fsp3) is 0.333. The third-order valence-corrected chi connectivity index (χ3v) is 6.23. The van der Waals surface area contributed by atoms with Crippen LogP contribution in [0.15, 0.2) is 42.5 Å². The van der Waals surface area contributed by atoms with Gasteiger partial charge < -0.3 is 24.7 Å². The number of nitrogens with zero attached hydrogens (tertiary/aromatic N) is 2. The number of hydrogen-bond donors (Lipinski definition) is 2. The number of halogens is 1. The summed E-state index contributed by atoms with van der Waals surface area (Å²) in [7, 11) is 2.95. The number of piperazine rings is 1. The van der Waals surface area contributed by atoms with Crippen LogP contribution in [0.2, 0.25) is 5.02 Å². The number of esters is 1. The molecule has 1 saturated heterocycles. The van der Waals surface area contributed by atoms with Gasteiger partial charge in [0.1, 0.15) is 11.4 Å². The lowest BCUT2D eigenvalue weighted by Crippen LogP contribution is -2.53. The number of aromatic nitrogens is 1. The summed E-state index contributed by atoms with van der Waals surface area (Å²) in [6.07, 6.45) is 0. The molecule has 4 rings (SSSR count). The smallest absolute Gasteiger partial charge is 0.356 e. The first-order valence-corrected chi connectivity index (χ1v) is 11.1. The molecular formula is C24H27ClN4O4. The predicted octanol–water partition coefficient (Wildman–Crippen LogP) is 3.77. The van der Waals surface area contributed by atoms with E-state index >= 15 is 0 Å². The number of hydrogen-bond acceptors (Lipinski definition) is 6. The topological polar surface area (TPSA) is 86.9 Å². The summed E-state index contributed by atoms with van der Waals surface area (Å²) in [6, 6.07) is 13.5. The second kappa shape index (κ2) is 9.72. The van der Waals surface area contributed by atoms with Crippen molar-refractivity contribution >= 4 is 45.8 Å². The van der Waals surface area contributed by atoms with E-state index in [0.29, 0.717) is 21.6 Å². The Morgan fingerprint density at radius 3 is 2.58 bits per heavy atom. The maximum Gasteiger partial charge on any atom is 0.356 e. The van der Waals surface area contributed by atoms with Crippen LogP contribution in [0.25, 0.3) is 10.9 Å². The van der Waals surface area contributed by atoms with Gasteiger partial charge in [-0.1, -0.05) is 17.7 Å². The Hall–Kier alpha value is -3.23. The van der Waals surface area contributed by atoms with E-state index in [9.17, 15) is 9.59 Å². The molecule has 0 spiro atoms. The standard InChI is InChI=1S/C24H27ClN4O4/c1-15-13-28(11-12-29(15)16-7-9-17(32-2)10-8-16)14-20(30)27-22-21-18(25)5-4-6-19(21)26-23(22)24(31)33-3/h4-10,15,26H,11-14H2,1-3H3,(H,27,30)/t15-/m1/s1. The Bertz CT molecular complexity index is 1160. The monoisotopic (exact) mass is 470 g/mol. The number of carbonyl (C=O) groups excluding carboxylic acids is 2. The fourth-order valence-electron chi connectivity index (χ4n) is 4.30. The average Bonchev–Trinajstić information content (AvgIpc) is 3.18. The van der Waals surface area contributed by atoms with Crippen LogP contribution < -0.4 is 15.0 Å². The molecule has 33 heavy (non-hydrogen) atoms. The van der Waals surface area contributed by atoms with Crippen molar-refractivity contribution < 1.29 is 19.1 Å². The molecular weight excluding hydrogens is 444 g/mol. The zero-order valence-electron chi connectivity index (χ0n) is 18.9.